The molecule has 2 aliphatic heterocycles. The second-order valence-corrected chi connectivity index (χ2v) is 23.5. The first kappa shape index (κ1) is 53.7. The summed E-state index contributed by atoms with van der Waals surface area (Å²) in [5, 5.41) is 15.9. The summed E-state index contributed by atoms with van der Waals surface area (Å²) >= 11 is 0. The van der Waals surface area contributed by atoms with Crippen molar-refractivity contribution in [2.24, 2.45) is 68.6 Å². The van der Waals surface area contributed by atoms with Crippen LogP contribution < -0.4 is 43.4 Å². The molecule has 20 nitrogen and oxygen atoms in total. The number of urea groups is 2. The van der Waals surface area contributed by atoms with Gasteiger partial charge in [-0.05, 0) is 70.0 Å². The van der Waals surface area contributed by atoms with Crippen LogP contribution in [0.3, 0.4) is 0 Å². The van der Waals surface area contributed by atoms with Crippen LogP contribution in [-0.4, -0.2) is 132 Å². The number of piperidine rings is 2. The predicted octanol–water partition coefficient (Wildman–Crippen LogP) is 1.09. The van der Waals surface area contributed by atoms with Gasteiger partial charge in [0.05, 0.1) is 12.1 Å². The quantitative estimate of drug-likeness (QED) is 0.102. The van der Waals surface area contributed by atoms with Gasteiger partial charge in [0.2, 0.25) is 35.2 Å². The second kappa shape index (κ2) is 20.0. The van der Waals surface area contributed by atoms with Crippen LogP contribution in [0.25, 0.3) is 0 Å². The maximum absolute atomic E-state index is 13.7. The minimum atomic E-state index is -1.07. The lowest BCUT2D eigenvalue weighted by atomic mass is 9.80. The number of primary amides is 2. The molecule has 0 aromatic heterocycles. The molecule has 2 unspecified atom stereocenters. The van der Waals surface area contributed by atoms with E-state index in [0.717, 1.165) is 38.5 Å². The molecule has 4 saturated carbocycles. The molecule has 68 heavy (non-hydrogen) atoms. The molecule has 0 bridgehead atoms. The number of nitrogens with two attached hydrogens (primary N) is 2. The highest BCUT2D eigenvalue weighted by molar-refractivity contribution is 6.38. The molecule has 10 N–H and O–H groups in total. The lowest BCUT2D eigenvalue weighted by molar-refractivity contribution is -0.145. The Labute approximate surface area is 400 Å². The first-order chi connectivity index (χ1) is 31.4. The molecule has 0 radical (unpaired) electrons. The largest absolute Gasteiger partial charge is 0.363 e. The van der Waals surface area contributed by atoms with Gasteiger partial charge >= 0.3 is 12.1 Å². The van der Waals surface area contributed by atoms with E-state index in [9.17, 15) is 47.9 Å². The third kappa shape index (κ3) is 11.2. The Morgan fingerprint density at radius 1 is 0.544 bits per heavy atom. The zero-order valence-corrected chi connectivity index (χ0v) is 42.1. The summed E-state index contributed by atoms with van der Waals surface area (Å²) in [6.45, 7) is 20.1. The van der Waals surface area contributed by atoms with Gasteiger partial charge in [-0.15, -0.1) is 0 Å². The third-order valence-corrected chi connectivity index (χ3v) is 16.1. The molecule has 0 aromatic rings. The van der Waals surface area contributed by atoms with Crippen LogP contribution in [0.5, 0.6) is 0 Å². The van der Waals surface area contributed by atoms with Crippen LogP contribution in [0.1, 0.15) is 121 Å². The van der Waals surface area contributed by atoms with Crippen LogP contribution in [0.4, 0.5) is 9.59 Å². The molecule has 6 aliphatic rings. The number of hydrogen-bond acceptors (Lipinski definition) is 10. The molecule has 0 aromatic carbocycles. The van der Waals surface area contributed by atoms with E-state index < -0.39 is 94.3 Å². The van der Waals surface area contributed by atoms with E-state index in [1.54, 1.807) is 0 Å². The van der Waals surface area contributed by atoms with E-state index in [0.29, 0.717) is 25.9 Å². The van der Waals surface area contributed by atoms with E-state index in [1.807, 2.05) is 41.5 Å². The fraction of sp³-hybridized carbons (Fsp3) is 0.792. The summed E-state index contributed by atoms with van der Waals surface area (Å²) in [6, 6.07) is -6.20. The summed E-state index contributed by atoms with van der Waals surface area (Å²) in [5.74, 6) is -4.64. The molecule has 6 rings (SSSR count). The van der Waals surface area contributed by atoms with E-state index in [-0.39, 0.29) is 58.2 Å². The fourth-order valence-electron chi connectivity index (χ4n) is 11.1. The predicted molar refractivity (Wildman–Crippen MR) is 250 cm³/mol. The number of fused-ring (bicyclic) bond motifs is 2. The molecule has 10 amide bonds. The number of rotatable bonds is 16. The molecule has 4 aliphatic carbocycles. The monoisotopic (exact) mass is 955 g/mol. The van der Waals surface area contributed by atoms with E-state index in [1.165, 1.54) is 23.9 Å². The SMILES string of the molecule is CNC(=O)N[C@H](C(=O)N1C[C@H]2[C@@H]([C@H]1C(=O)NC(CC1CCC1)C(=O)C(N)=O)C2(C)C)C(C)(C)C.CNC(=O)N[C@H](C(=O)N1C[C@H]2[C@@H]([C@H]1C(=O)NC(CC1CCC1)C(=O)C(N)=O)C2(C)C)C(C)(C)C. The number of ketones is 2. The van der Waals surface area contributed by atoms with Crippen LogP contribution in [-0.2, 0) is 38.4 Å². The van der Waals surface area contributed by atoms with Crippen LogP contribution in [0.2, 0.25) is 0 Å². The van der Waals surface area contributed by atoms with Gasteiger partial charge in [-0.25, -0.2) is 9.59 Å². The van der Waals surface area contributed by atoms with Gasteiger partial charge in [0.1, 0.15) is 24.2 Å². The smallest absolute Gasteiger partial charge is 0.315 e. The Kier molecular flexibility index (Phi) is 15.8. The molecule has 0 spiro atoms. The summed E-state index contributed by atoms with van der Waals surface area (Å²) in [4.78, 5) is 130. The van der Waals surface area contributed by atoms with Crippen molar-refractivity contribution in [1.82, 2.24) is 41.7 Å². The Morgan fingerprint density at radius 3 is 1.09 bits per heavy atom. The van der Waals surface area contributed by atoms with Gasteiger partial charge in [-0.3, -0.25) is 38.4 Å². The summed E-state index contributed by atoms with van der Waals surface area (Å²) in [5.41, 5.74) is 9.07. The van der Waals surface area contributed by atoms with Crippen molar-refractivity contribution < 1.29 is 47.9 Å². The normalized spacial score (nSPS) is 27.0. The molecule has 10 atom stereocenters. The highest BCUT2D eigenvalue weighted by Gasteiger charge is 2.71. The highest BCUT2D eigenvalue weighted by atomic mass is 16.2. The van der Waals surface area contributed by atoms with Crippen LogP contribution >= 0.6 is 0 Å². The number of amides is 10. The average Bonchev–Trinajstić information content (AvgIpc) is 3.67. The van der Waals surface area contributed by atoms with Crippen molar-refractivity contribution in [3.8, 4) is 0 Å². The molecule has 6 fully saturated rings. The van der Waals surface area contributed by atoms with Crippen molar-refractivity contribution in [2.75, 3.05) is 27.2 Å². The first-order valence-corrected chi connectivity index (χ1v) is 24.2. The number of nitrogens with one attached hydrogen (secondary N) is 6. The van der Waals surface area contributed by atoms with Gasteiger partial charge in [0.25, 0.3) is 11.8 Å². The van der Waals surface area contributed by atoms with E-state index in [2.05, 4.69) is 59.6 Å². The Hall–Kier alpha value is -5.30. The van der Waals surface area contributed by atoms with Crippen LogP contribution in [0, 0.1) is 57.2 Å². The lowest BCUT2D eigenvalue weighted by Crippen LogP contribution is -2.61. The van der Waals surface area contributed by atoms with Crippen molar-refractivity contribution in [3.63, 3.8) is 0 Å². The summed E-state index contributed by atoms with van der Waals surface area (Å²) in [7, 11) is 2.95. The van der Waals surface area contributed by atoms with Crippen molar-refractivity contribution in [1.29, 1.82) is 0 Å². The van der Waals surface area contributed by atoms with E-state index in [4.69, 9.17) is 11.5 Å². The number of Topliss-reactive ketones (excluding diaryl/α,β-unsaturated/α-hetero) is 2. The highest BCUT2D eigenvalue weighted by Crippen LogP contribution is 2.66. The van der Waals surface area contributed by atoms with Gasteiger partial charge in [-0.1, -0.05) is 108 Å². The minimum Gasteiger partial charge on any atom is -0.363 e. The minimum absolute atomic E-state index is 0.0647. The molecule has 20 heteroatoms. The number of carbonyl (C=O) groups excluding carboxylic acids is 10. The van der Waals surface area contributed by atoms with E-state index >= 15 is 0 Å². The number of nitrogens with zero attached hydrogens (tertiary/aromatic N) is 2. The molecule has 380 valence electrons. The van der Waals surface area contributed by atoms with Gasteiger partial charge < -0.3 is 53.2 Å². The molecule has 2 heterocycles. The average molecular weight is 955 g/mol. The first-order valence-electron chi connectivity index (χ1n) is 24.2. The number of carbonyl (C=O) groups is 10. The van der Waals surface area contributed by atoms with Gasteiger partial charge in [0, 0.05) is 27.2 Å². The summed E-state index contributed by atoms with van der Waals surface area (Å²) in [6.07, 6.45) is 6.65. The van der Waals surface area contributed by atoms with Gasteiger partial charge in [-0.2, -0.15) is 0 Å². The molecular formula is C48H78N10O10. The number of likely N-dealkylation sites (tertiary alicyclic amines) is 2. The van der Waals surface area contributed by atoms with Crippen molar-refractivity contribution in [3.05, 3.63) is 0 Å². The zero-order chi connectivity index (χ0) is 51.2. The fourth-order valence-corrected chi connectivity index (χ4v) is 11.1. The lowest BCUT2D eigenvalue weighted by Gasteiger charge is -2.38. The summed E-state index contributed by atoms with van der Waals surface area (Å²) < 4.78 is 0. The van der Waals surface area contributed by atoms with Crippen molar-refractivity contribution >= 4 is 59.1 Å². The Bertz CT molecular complexity index is 1890. The van der Waals surface area contributed by atoms with Crippen molar-refractivity contribution in [2.45, 2.75) is 157 Å². The second-order valence-electron chi connectivity index (χ2n) is 23.5. The standard InChI is InChI=1S/2C24H39N5O5/c2*1-23(2,3)18(28-22(34)26-6)21(33)29-11-13-15(24(13,4)5)16(29)20(32)27-14(17(30)19(25)31)10-12-8-7-9-12/h2*12-16,18H,7-11H2,1-6H3,(H2,25,31)(H,27,32)(H2,26,28,34)/t2*13-,14?,15-,16-,18+/m00/s1. The maximum atomic E-state index is 13.7. The third-order valence-electron chi connectivity index (χ3n) is 16.1. The molecule has 2 saturated heterocycles. The zero-order valence-electron chi connectivity index (χ0n) is 42.1. The topological polar surface area (TPSA) is 301 Å². The maximum Gasteiger partial charge on any atom is 0.315 e. The Balaban J connectivity index is 0.000000254. The van der Waals surface area contributed by atoms with Gasteiger partial charge in [0.15, 0.2) is 0 Å². The Morgan fingerprint density at radius 2 is 0.853 bits per heavy atom. The molecular weight excluding hydrogens is 877 g/mol. The number of hydrogen-bond donors (Lipinski definition) is 8. The van der Waals surface area contributed by atoms with Crippen LogP contribution in [0.15, 0.2) is 0 Å².